The number of aliphatic carboxylic acids is 1. The van der Waals surface area contributed by atoms with Crippen LogP contribution < -0.4 is 10.6 Å². The second-order valence-electron chi connectivity index (χ2n) is 7.95. The Kier molecular flexibility index (Phi) is 6.40. The minimum atomic E-state index is -0.887. The summed E-state index contributed by atoms with van der Waals surface area (Å²) in [6, 6.07) is 10.2. The fourth-order valence-electron chi connectivity index (χ4n) is 4.15. The second-order valence-corrected chi connectivity index (χ2v) is 8.73. The monoisotopic (exact) mass is 481 g/mol. The van der Waals surface area contributed by atoms with Crippen molar-refractivity contribution in [3.63, 3.8) is 0 Å². The van der Waals surface area contributed by atoms with Crippen LogP contribution in [0.1, 0.15) is 18.1 Å². The van der Waals surface area contributed by atoms with Crippen LogP contribution in [0.4, 0.5) is 10.5 Å². The molecule has 0 spiro atoms. The molecule has 0 aliphatic heterocycles. The molecule has 2 unspecified atom stereocenters. The number of pyridine rings is 1. The van der Waals surface area contributed by atoms with E-state index in [1.165, 1.54) is 0 Å². The largest absolute Gasteiger partial charge is 0.481 e. The number of amides is 2. The number of rotatable bonds is 5. The van der Waals surface area contributed by atoms with E-state index in [1.54, 1.807) is 42.7 Å². The third kappa shape index (κ3) is 4.45. The van der Waals surface area contributed by atoms with Gasteiger partial charge in [-0.3, -0.25) is 9.78 Å². The topological polar surface area (TPSA) is 91.3 Å². The number of hydrogen-bond donors (Lipinski definition) is 3. The van der Waals surface area contributed by atoms with Crippen LogP contribution in [-0.2, 0) is 16.8 Å². The fraction of sp³-hybridized carbons (Fsp3) is 0.160. The molecule has 0 saturated heterocycles. The molecule has 1 aliphatic carbocycles. The Balaban J connectivity index is 1.61. The molecule has 1 aromatic heterocycles. The summed E-state index contributed by atoms with van der Waals surface area (Å²) in [5.41, 5.74) is 1.41. The molecule has 0 bridgehead atoms. The predicted octanol–water partition coefficient (Wildman–Crippen LogP) is 5.95. The summed E-state index contributed by atoms with van der Waals surface area (Å²) < 4.78 is 0. The van der Waals surface area contributed by atoms with Gasteiger partial charge in [0.15, 0.2) is 0 Å². The Labute approximate surface area is 200 Å². The number of anilines is 1. The number of allylic oxidation sites excluding steroid dienone is 3. The molecule has 33 heavy (non-hydrogen) atoms. The molecule has 3 aromatic rings. The van der Waals surface area contributed by atoms with Crippen LogP contribution in [0.3, 0.4) is 0 Å². The van der Waals surface area contributed by atoms with E-state index in [2.05, 4.69) is 15.6 Å². The van der Waals surface area contributed by atoms with Gasteiger partial charge in [0.05, 0.1) is 21.7 Å². The number of benzene rings is 2. The van der Waals surface area contributed by atoms with Gasteiger partial charge in [-0.25, -0.2) is 4.79 Å². The summed E-state index contributed by atoms with van der Waals surface area (Å²) in [5, 5.41) is 17.7. The van der Waals surface area contributed by atoms with Gasteiger partial charge in [-0.05, 0) is 34.7 Å². The number of nitrogens with zero attached hydrogens (tertiary/aromatic N) is 1. The molecule has 1 heterocycles. The Hall–Kier alpha value is -3.35. The van der Waals surface area contributed by atoms with E-state index in [4.69, 9.17) is 23.2 Å². The Bertz CT molecular complexity index is 1310. The van der Waals surface area contributed by atoms with Crippen molar-refractivity contribution in [2.24, 2.45) is 5.92 Å². The maximum absolute atomic E-state index is 12.4. The van der Waals surface area contributed by atoms with Crippen LogP contribution in [0, 0.1) is 5.92 Å². The Morgan fingerprint density at radius 3 is 2.73 bits per heavy atom. The van der Waals surface area contributed by atoms with Crippen LogP contribution in [-0.4, -0.2) is 22.1 Å². The van der Waals surface area contributed by atoms with Crippen LogP contribution in [0.5, 0.6) is 0 Å². The lowest BCUT2D eigenvalue weighted by atomic mass is 9.68. The van der Waals surface area contributed by atoms with Crippen molar-refractivity contribution in [1.82, 2.24) is 10.3 Å². The first-order valence-electron chi connectivity index (χ1n) is 10.2. The zero-order valence-electron chi connectivity index (χ0n) is 17.7. The molecule has 4 rings (SSSR count). The van der Waals surface area contributed by atoms with Gasteiger partial charge in [-0.2, -0.15) is 0 Å². The van der Waals surface area contributed by atoms with E-state index in [0.717, 1.165) is 21.9 Å². The standard InChI is InChI=1S/C25H21Cl2N3O3/c1-25(11-3-2-5-19(25)23(31)32)18-9-8-15(17-14-28-12-10-16(17)18)13-29-24(33)30-21-7-4-6-20(26)22(21)27/h2-12,14,19H,13H2,1H3,(H,31,32)(H2,29,30,33). The van der Waals surface area contributed by atoms with Crippen molar-refractivity contribution in [3.05, 3.63) is 94.3 Å². The van der Waals surface area contributed by atoms with Gasteiger partial charge in [0.2, 0.25) is 0 Å². The van der Waals surface area contributed by atoms with Gasteiger partial charge in [0.25, 0.3) is 0 Å². The third-order valence-corrected chi connectivity index (χ3v) is 6.72. The molecule has 0 radical (unpaired) electrons. The zero-order valence-corrected chi connectivity index (χ0v) is 19.2. The van der Waals surface area contributed by atoms with Gasteiger partial charge in [-0.15, -0.1) is 0 Å². The highest BCUT2D eigenvalue weighted by atomic mass is 35.5. The highest BCUT2D eigenvalue weighted by Gasteiger charge is 2.39. The summed E-state index contributed by atoms with van der Waals surface area (Å²) in [7, 11) is 0. The number of carboxylic acid groups (broad SMARTS) is 1. The lowest BCUT2D eigenvalue weighted by molar-refractivity contribution is -0.141. The summed E-state index contributed by atoms with van der Waals surface area (Å²) in [5.74, 6) is -1.58. The predicted molar refractivity (Wildman–Crippen MR) is 131 cm³/mol. The van der Waals surface area contributed by atoms with Crippen molar-refractivity contribution in [2.45, 2.75) is 18.9 Å². The van der Waals surface area contributed by atoms with Crippen molar-refractivity contribution in [1.29, 1.82) is 0 Å². The molecule has 2 amide bonds. The molecule has 1 aliphatic rings. The first-order chi connectivity index (χ1) is 15.8. The number of carboxylic acids is 1. The summed E-state index contributed by atoms with van der Waals surface area (Å²) in [6.07, 6.45) is 10.7. The van der Waals surface area contributed by atoms with Crippen LogP contribution in [0.25, 0.3) is 10.8 Å². The number of nitrogens with one attached hydrogen (secondary N) is 2. The maximum atomic E-state index is 12.4. The summed E-state index contributed by atoms with van der Waals surface area (Å²) in [6.45, 7) is 2.16. The SMILES string of the molecule is CC1(c2ccc(CNC(=O)Nc3cccc(Cl)c3Cl)c3cnccc23)C=CC=CC1C(=O)O. The van der Waals surface area contributed by atoms with E-state index in [9.17, 15) is 14.7 Å². The first-order valence-corrected chi connectivity index (χ1v) is 11.0. The van der Waals surface area contributed by atoms with E-state index in [0.29, 0.717) is 10.7 Å². The van der Waals surface area contributed by atoms with Gasteiger partial charge in [-0.1, -0.05) is 72.6 Å². The number of halogens is 2. The summed E-state index contributed by atoms with van der Waals surface area (Å²) in [4.78, 5) is 28.6. The van der Waals surface area contributed by atoms with Crippen LogP contribution in [0.15, 0.2) is 73.1 Å². The number of hydrogen-bond acceptors (Lipinski definition) is 3. The van der Waals surface area contributed by atoms with E-state index in [1.807, 2.05) is 37.3 Å². The third-order valence-electron chi connectivity index (χ3n) is 5.90. The van der Waals surface area contributed by atoms with Crippen molar-refractivity contribution in [3.8, 4) is 0 Å². The van der Waals surface area contributed by atoms with Crippen molar-refractivity contribution < 1.29 is 14.7 Å². The van der Waals surface area contributed by atoms with Crippen molar-refractivity contribution in [2.75, 3.05) is 5.32 Å². The number of aromatic nitrogens is 1. The van der Waals surface area contributed by atoms with E-state index in [-0.39, 0.29) is 11.6 Å². The van der Waals surface area contributed by atoms with Gasteiger partial charge in [0.1, 0.15) is 0 Å². The normalized spacial score (nSPS) is 19.4. The quantitative estimate of drug-likeness (QED) is 0.419. The Morgan fingerprint density at radius 2 is 1.94 bits per heavy atom. The zero-order chi connectivity index (χ0) is 23.6. The highest BCUT2D eigenvalue weighted by Crippen LogP contribution is 2.41. The molecule has 0 fully saturated rings. The van der Waals surface area contributed by atoms with Crippen molar-refractivity contribution >= 4 is 51.7 Å². The molecule has 2 aromatic carbocycles. The van der Waals surface area contributed by atoms with E-state index < -0.39 is 23.3 Å². The molecule has 168 valence electrons. The lowest BCUT2D eigenvalue weighted by Gasteiger charge is -2.34. The maximum Gasteiger partial charge on any atom is 0.319 e. The molecule has 3 N–H and O–H groups in total. The molecule has 2 atom stereocenters. The highest BCUT2D eigenvalue weighted by molar-refractivity contribution is 6.43. The van der Waals surface area contributed by atoms with Crippen LogP contribution >= 0.6 is 23.2 Å². The molecule has 8 heteroatoms. The average molecular weight is 482 g/mol. The number of carbonyl (C=O) groups is 2. The van der Waals surface area contributed by atoms with Crippen LogP contribution in [0.2, 0.25) is 10.0 Å². The lowest BCUT2D eigenvalue weighted by Crippen LogP contribution is -2.36. The second kappa shape index (κ2) is 9.25. The first kappa shape index (κ1) is 22.8. The molecular formula is C25H21Cl2N3O3. The summed E-state index contributed by atoms with van der Waals surface area (Å²) >= 11 is 12.1. The number of fused-ring (bicyclic) bond motifs is 1. The van der Waals surface area contributed by atoms with Gasteiger partial charge in [0, 0.05) is 29.7 Å². The van der Waals surface area contributed by atoms with E-state index >= 15 is 0 Å². The van der Waals surface area contributed by atoms with Gasteiger partial charge < -0.3 is 15.7 Å². The minimum Gasteiger partial charge on any atom is -0.481 e. The fourth-order valence-corrected chi connectivity index (χ4v) is 4.49. The molecule has 6 nitrogen and oxygen atoms in total. The van der Waals surface area contributed by atoms with Gasteiger partial charge >= 0.3 is 12.0 Å². The average Bonchev–Trinajstić information content (AvgIpc) is 2.80. The Morgan fingerprint density at radius 1 is 1.12 bits per heavy atom. The number of carbonyl (C=O) groups excluding carboxylic acids is 1. The smallest absolute Gasteiger partial charge is 0.319 e. The minimum absolute atomic E-state index is 0.237. The molecule has 0 saturated carbocycles. The molecular weight excluding hydrogens is 461 g/mol. The number of urea groups is 1.